The van der Waals surface area contributed by atoms with Crippen molar-refractivity contribution in [1.29, 1.82) is 0 Å². The van der Waals surface area contributed by atoms with Gasteiger partial charge < -0.3 is 4.74 Å². The summed E-state index contributed by atoms with van der Waals surface area (Å²) in [5.74, 6) is 2.13. The zero-order chi connectivity index (χ0) is 15.1. The number of rotatable bonds is 5. The van der Waals surface area contributed by atoms with E-state index >= 15 is 0 Å². The van der Waals surface area contributed by atoms with E-state index < -0.39 is 0 Å². The van der Waals surface area contributed by atoms with Crippen LogP contribution < -0.4 is 4.74 Å². The van der Waals surface area contributed by atoms with Gasteiger partial charge in [0.1, 0.15) is 24.2 Å². The Morgan fingerprint density at radius 1 is 1.36 bits per heavy atom. The molecule has 1 fully saturated rings. The Hall–Kier alpha value is -1.96. The van der Waals surface area contributed by atoms with Crippen LogP contribution in [0.2, 0.25) is 0 Å². The molecule has 3 aromatic rings. The molecular formula is C14H15BrN6O. The molecule has 114 valence electrons. The first-order valence-electron chi connectivity index (χ1n) is 7.20. The second-order valence-electron chi connectivity index (χ2n) is 5.58. The van der Waals surface area contributed by atoms with Gasteiger partial charge in [-0.1, -0.05) is 5.21 Å². The van der Waals surface area contributed by atoms with E-state index in [9.17, 15) is 0 Å². The van der Waals surface area contributed by atoms with Crippen LogP contribution in [-0.4, -0.2) is 29.8 Å². The summed E-state index contributed by atoms with van der Waals surface area (Å²) in [6, 6.07) is 3.94. The van der Waals surface area contributed by atoms with Crippen LogP contribution in [0.5, 0.6) is 5.75 Å². The van der Waals surface area contributed by atoms with Crippen molar-refractivity contribution in [2.24, 2.45) is 13.0 Å². The summed E-state index contributed by atoms with van der Waals surface area (Å²) in [4.78, 5) is 4.15. The molecule has 0 spiro atoms. The maximum absolute atomic E-state index is 5.78. The van der Waals surface area contributed by atoms with Crippen molar-refractivity contribution in [3.05, 3.63) is 28.8 Å². The Labute approximate surface area is 135 Å². The van der Waals surface area contributed by atoms with Crippen LogP contribution in [0.25, 0.3) is 11.0 Å². The SMILES string of the molecule is Cn1cnc(COc2ccc3c(nnn3CC3CC3)c2Br)n1. The van der Waals surface area contributed by atoms with E-state index in [4.69, 9.17) is 4.74 Å². The highest BCUT2D eigenvalue weighted by atomic mass is 79.9. The minimum atomic E-state index is 0.321. The second-order valence-corrected chi connectivity index (χ2v) is 6.38. The first-order valence-corrected chi connectivity index (χ1v) is 7.99. The van der Waals surface area contributed by atoms with Crippen molar-refractivity contribution < 1.29 is 4.74 Å². The van der Waals surface area contributed by atoms with Gasteiger partial charge in [-0.05, 0) is 46.8 Å². The van der Waals surface area contributed by atoms with Gasteiger partial charge in [0.25, 0.3) is 0 Å². The van der Waals surface area contributed by atoms with Crippen molar-refractivity contribution in [3.8, 4) is 5.75 Å². The van der Waals surface area contributed by atoms with E-state index in [1.807, 2.05) is 23.9 Å². The maximum atomic E-state index is 5.78. The van der Waals surface area contributed by atoms with Gasteiger partial charge >= 0.3 is 0 Å². The lowest BCUT2D eigenvalue weighted by molar-refractivity contribution is 0.294. The fourth-order valence-corrected chi connectivity index (χ4v) is 2.90. The molecule has 2 aromatic heterocycles. The van der Waals surface area contributed by atoms with Crippen LogP contribution >= 0.6 is 15.9 Å². The number of aromatic nitrogens is 6. The minimum Gasteiger partial charge on any atom is -0.484 e. The molecule has 0 atom stereocenters. The predicted octanol–water partition coefficient (Wildman–Crippen LogP) is 2.31. The number of nitrogens with zero attached hydrogens (tertiary/aromatic N) is 6. The summed E-state index contributed by atoms with van der Waals surface area (Å²) in [5, 5.41) is 12.7. The monoisotopic (exact) mass is 362 g/mol. The van der Waals surface area contributed by atoms with E-state index in [1.165, 1.54) is 12.8 Å². The van der Waals surface area contributed by atoms with Gasteiger partial charge in [-0.3, -0.25) is 4.68 Å². The van der Waals surface area contributed by atoms with E-state index in [1.54, 1.807) is 11.0 Å². The largest absolute Gasteiger partial charge is 0.484 e. The van der Waals surface area contributed by atoms with Gasteiger partial charge in [0.2, 0.25) is 0 Å². The molecule has 22 heavy (non-hydrogen) atoms. The summed E-state index contributed by atoms with van der Waals surface area (Å²) >= 11 is 3.57. The molecule has 4 rings (SSSR count). The summed E-state index contributed by atoms with van der Waals surface area (Å²) < 4.78 is 10.2. The zero-order valence-electron chi connectivity index (χ0n) is 12.1. The fourth-order valence-electron chi connectivity index (χ4n) is 2.37. The Balaban J connectivity index is 1.57. The highest BCUT2D eigenvalue weighted by Gasteiger charge is 2.23. The lowest BCUT2D eigenvalue weighted by atomic mass is 10.3. The Kier molecular flexibility index (Phi) is 3.33. The molecule has 8 heteroatoms. The highest BCUT2D eigenvalue weighted by Crippen LogP contribution is 2.35. The fraction of sp³-hybridized carbons (Fsp3) is 0.429. The molecule has 0 amide bonds. The van der Waals surface area contributed by atoms with Gasteiger partial charge in [0, 0.05) is 13.6 Å². The molecule has 2 heterocycles. The first kappa shape index (κ1) is 13.7. The van der Waals surface area contributed by atoms with Crippen LogP contribution in [-0.2, 0) is 20.2 Å². The zero-order valence-corrected chi connectivity index (χ0v) is 13.7. The Morgan fingerprint density at radius 3 is 2.95 bits per heavy atom. The predicted molar refractivity (Wildman–Crippen MR) is 83.3 cm³/mol. The molecular weight excluding hydrogens is 348 g/mol. The normalized spacial score (nSPS) is 14.6. The number of aryl methyl sites for hydroxylation is 1. The van der Waals surface area contributed by atoms with Crippen molar-refractivity contribution in [2.75, 3.05) is 0 Å². The molecule has 0 radical (unpaired) electrons. The van der Waals surface area contributed by atoms with E-state index in [0.717, 1.165) is 33.7 Å². The molecule has 1 aromatic carbocycles. The van der Waals surface area contributed by atoms with Crippen LogP contribution in [0, 0.1) is 5.92 Å². The topological polar surface area (TPSA) is 70.7 Å². The highest BCUT2D eigenvalue weighted by molar-refractivity contribution is 9.10. The average Bonchev–Trinajstić information content (AvgIpc) is 3.08. The number of benzene rings is 1. The summed E-state index contributed by atoms with van der Waals surface area (Å²) in [6.45, 7) is 1.27. The van der Waals surface area contributed by atoms with E-state index in [0.29, 0.717) is 12.4 Å². The second kappa shape index (κ2) is 5.35. The number of hydrogen-bond acceptors (Lipinski definition) is 5. The number of fused-ring (bicyclic) bond motifs is 1. The lowest BCUT2D eigenvalue weighted by Gasteiger charge is -2.07. The standard InChI is InChI=1S/C14H15BrN6O/c1-20-8-16-12(18-20)7-22-11-5-4-10-14(13(11)15)17-19-21(10)6-9-2-3-9/h4-5,8-9H,2-3,6-7H2,1H3. The van der Waals surface area contributed by atoms with Gasteiger partial charge in [-0.15, -0.1) is 5.10 Å². The quantitative estimate of drug-likeness (QED) is 0.696. The molecule has 0 bridgehead atoms. The van der Waals surface area contributed by atoms with Crippen molar-refractivity contribution in [1.82, 2.24) is 29.8 Å². The van der Waals surface area contributed by atoms with Crippen LogP contribution in [0.15, 0.2) is 22.9 Å². The average molecular weight is 363 g/mol. The van der Waals surface area contributed by atoms with Gasteiger partial charge in [0.05, 0.1) is 9.99 Å². The molecule has 0 unspecified atom stereocenters. The first-order chi connectivity index (χ1) is 10.7. The maximum Gasteiger partial charge on any atom is 0.188 e. The smallest absolute Gasteiger partial charge is 0.188 e. The van der Waals surface area contributed by atoms with Crippen molar-refractivity contribution >= 4 is 27.0 Å². The van der Waals surface area contributed by atoms with Crippen molar-refractivity contribution in [2.45, 2.75) is 26.0 Å². The molecule has 1 aliphatic rings. The number of ether oxygens (including phenoxy) is 1. The third kappa shape index (κ3) is 2.58. The molecule has 1 aliphatic carbocycles. The Morgan fingerprint density at radius 2 is 2.23 bits per heavy atom. The minimum absolute atomic E-state index is 0.321. The van der Waals surface area contributed by atoms with E-state index in [-0.39, 0.29) is 0 Å². The van der Waals surface area contributed by atoms with Crippen LogP contribution in [0.3, 0.4) is 0 Å². The van der Waals surface area contributed by atoms with Crippen molar-refractivity contribution in [3.63, 3.8) is 0 Å². The van der Waals surface area contributed by atoms with Gasteiger partial charge in [0.15, 0.2) is 5.82 Å². The summed E-state index contributed by atoms with van der Waals surface area (Å²) in [5.41, 5.74) is 1.86. The molecule has 0 saturated heterocycles. The third-order valence-electron chi connectivity index (χ3n) is 3.72. The third-order valence-corrected chi connectivity index (χ3v) is 4.49. The van der Waals surface area contributed by atoms with Crippen LogP contribution in [0.4, 0.5) is 0 Å². The van der Waals surface area contributed by atoms with Gasteiger partial charge in [-0.25, -0.2) is 9.67 Å². The molecule has 0 aliphatic heterocycles. The Bertz CT molecular complexity index is 822. The lowest BCUT2D eigenvalue weighted by Crippen LogP contribution is -2.02. The molecule has 7 nitrogen and oxygen atoms in total. The van der Waals surface area contributed by atoms with E-state index in [2.05, 4.69) is 36.3 Å². The number of halogens is 1. The summed E-state index contributed by atoms with van der Waals surface area (Å²) in [7, 11) is 1.83. The van der Waals surface area contributed by atoms with Crippen LogP contribution in [0.1, 0.15) is 18.7 Å². The molecule has 0 N–H and O–H groups in total. The van der Waals surface area contributed by atoms with Gasteiger partial charge in [-0.2, -0.15) is 5.10 Å². The summed E-state index contributed by atoms with van der Waals surface area (Å²) in [6.07, 6.45) is 4.24. The number of hydrogen-bond donors (Lipinski definition) is 0. The molecule has 1 saturated carbocycles.